The minimum atomic E-state index is -3.81. The lowest BCUT2D eigenvalue weighted by molar-refractivity contribution is -0.126. The molecule has 0 bridgehead atoms. The number of sulfonamides is 2. The predicted octanol–water partition coefficient (Wildman–Crippen LogP) is 1.67. The Morgan fingerprint density at radius 1 is 1.06 bits per heavy atom. The molecule has 0 saturated carbocycles. The second-order valence-corrected chi connectivity index (χ2v) is 12.1. The average molecular weight is 514 g/mol. The van der Waals surface area contributed by atoms with Gasteiger partial charge in [0, 0.05) is 27.2 Å². The molecule has 1 atom stereocenters. The number of hydrogen-bond donors (Lipinski definition) is 1. The van der Waals surface area contributed by atoms with E-state index >= 15 is 0 Å². The number of amides is 1. The molecule has 1 aliphatic rings. The third kappa shape index (κ3) is 6.12. The molecule has 0 radical (unpaired) electrons. The fraction of sp³-hybridized carbons (Fsp3) is 0.409. The summed E-state index contributed by atoms with van der Waals surface area (Å²) < 4.78 is 70.9. The molecule has 1 N–H and O–H groups in total. The molecule has 2 aromatic rings. The first-order valence-corrected chi connectivity index (χ1v) is 13.6. The lowest BCUT2D eigenvalue weighted by atomic mass is 9.99. The molecule has 186 valence electrons. The number of piperidine rings is 1. The van der Waals surface area contributed by atoms with Gasteiger partial charge in [-0.05, 0) is 61.4 Å². The fourth-order valence-electron chi connectivity index (χ4n) is 3.54. The van der Waals surface area contributed by atoms with Crippen LogP contribution in [0.1, 0.15) is 12.8 Å². The monoisotopic (exact) mass is 513 g/mol. The number of nitrogens with one attached hydrogen (secondary N) is 1. The van der Waals surface area contributed by atoms with Crippen LogP contribution in [0.3, 0.4) is 0 Å². The van der Waals surface area contributed by atoms with Gasteiger partial charge in [-0.25, -0.2) is 25.5 Å². The van der Waals surface area contributed by atoms with E-state index in [2.05, 4.69) is 5.32 Å². The van der Waals surface area contributed by atoms with Crippen LogP contribution < -0.4 is 10.1 Å². The smallest absolute Gasteiger partial charge is 0.243 e. The van der Waals surface area contributed by atoms with Crippen molar-refractivity contribution in [2.24, 2.45) is 5.92 Å². The molecule has 0 spiro atoms. The summed E-state index contributed by atoms with van der Waals surface area (Å²) in [5.74, 6) is -0.831. The van der Waals surface area contributed by atoms with E-state index in [-0.39, 0.29) is 35.4 Å². The van der Waals surface area contributed by atoms with Crippen molar-refractivity contribution < 1.29 is 30.8 Å². The highest BCUT2D eigenvalue weighted by molar-refractivity contribution is 7.89. The van der Waals surface area contributed by atoms with Crippen molar-refractivity contribution in [2.45, 2.75) is 22.6 Å². The Balaban J connectivity index is 1.49. The Morgan fingerprint density at radius 2 is 1.68 bits per heavy atom. The van der Waals surface area contributed by atoms with Gasteiger partial charge in [-0.2, -0.15) is 4.31 Å². The summed E-state index contributed by atoms with van der Waals surface area (Å²) in [6.45, 7) is 0.716. The van der Waals surface area contributed by atoms with Crippen molar-refractivity contribution in [3.05, 3.63) is 54.3 Å². The van der Waals surface area contributed by atoms with E-state index in [1.54, 1.807) is 0 Å². The lowest BCUT2D eigenvalue weighted by Crippen LogP contribution is -2.45. The van der Waals surface area contributed by atoms with Gasteiger partial charge in [0.15, 0.2) is 0 Å². The summed E-state index contributed by atoms with van der Waals surface area (Å²) in [6.07, 6.45) is 1.10. The van der Waals surface area contributed by atoms with Crippen LogP contribution in [-0.4, -0.2) is 71.7 Å². The number of hydrogen-bond acceptors (Lipinski definition) is 6. The molecule has 1 aliphatic heterocycles. The summed E-state index contributed by atoms with van der Waals surface area (Å²) in [5, 5.41) is 2.75. The highest BCUT2D eigenvalue weighted by Crippen LogP contribution is 2.24. The van der Waals surface area contributed by atoms with Gasteiger partial charge in [-0.15, -0.1) is 0 Å². The molecule has 9 nitrogen and oxygen atoms in total. The van der Waals surface area contributed by atoms with E-state index in [0.717, 1.165) is 16.4 Å². The van der Waals surface area contributed by atoms with E-state index in [4.69, 9.17) is 4.74 Å². The normalized spacial score (nSPS) is 17.5. The number of benzene rings is 2. The quantitative estimate of drug-likeness (QED) is 0.511. The number of carbonyl (C=O) groups is 1. The number of nitrogens with zero attached hydrogens (tertiary/aromatic N) is 2. The van der Waals surface area contributed by atoms with Crippen LogP contribution in [0.5, 0.6) is 5.75 Å². The second-order valence-electron chi connectivity index (χ2n) is 8.05. The van der Waals surface area contributed by atoms with E-state index in [9.17, 15) is 26.0 Å². The minimum absolute atomic E-state index is 0.00671. The largest absolute Gasteiger partial charge is 0.492 e. The van der Waals surface area contributed by atoms with Crippen molar-refractivity contribution >= 4 is 26.0 Å². The fourth-order valence-corrected chi connectivity index (χ4v) is 5.96. The molecule has 1 fully saturated rings. The summed E-state index contributed by atoms with van der Waals surface area (Å²) in [5.41, 5.74) is 0. The van der Waals surface area contributed by atoms with Crippen LogP contribution in [0.2, 0.25) is 0 Å². The number of ether oxygens (including phenoxy) is 1. The number of rotatable bonds is 9. The van der Waals surface area contributed by atoms with Crippen LogP contribution in [0, 0.1) is 11.7 Å². The molecule has 1 unspecified atom stereocenters. The highest BCUT2D eigenvalue weighted by atomic mass is 32.2. The van der Waals surface area contributed by atoms with Crippen molar-refractivity contribution in [1.82, 2.24) is 13.9 Å². The highest BCUT2D eigenvalue weighted by Gasteiger charge is 2.33. The van der Waals surface area contributed by atoms with E-state index in [1.807, 2.05) is 0 Å². The molecule has 1 amide bonds. The van der Waals surface area contributed by atoms with E-state index < -0.39 is 31.8 Å². The summed E-state index contributed by atoms with van der Waals surface area (Å²) >= 11 is 0. The molecule has 0 aromatic heterocycles. The molecule has 34 heavy (non-hydrogen) atoms. The first-order valence-electron chi connectivity index (χ1n) is 10.7. The van der Waals surface area contributed by atoms with E-state index in [1.165, 1.54) is 54.8 Å². The first kappa shape index (κ1) is 26.1. The Bertz CT molecular complexity index is 1200. The van der Waals surface area contributed by atoms with Gasteiger partial charge in [0.2, 0.25) is 26.0 Å². The van der Waals surface area contributed by atoms with Crippen LogP contribution in [0.15, 0.2) is 58.3 Å². The van der Waals surface area contributed by atoms with Gasteiger partial charge in [-0.3, -0.25) is 4.79 Å². The molecule has 3 rings (SSSR count). The Morgan fingerprint density at radius 3 is 2.29 bits per heavy atom. The van der Waals surface area contributed by atoms with Crippen LogP contribution in [-0.2, 0) is 24.8 Å². The molecule has 12 heteroatoms. The van der Waals surface area contributed by atoms with Gasteiger partial charge in [-0.1, -0.05) is 0 Å². The van der Waals surface area contributed by atoms with Crippen LogP contribution in [0.4, 0.5) is 4.39 Å². The van der Waals surface area contributed by atoms with Gasteiger partial charge in [0.1, 0.15) is 18.2 Å². The standard InChI is InChI=1S/C22H28FN3O6S2/c1-25(2)33(28,29)20-11-7-19(8-12-20)32-15-13-24-22(27)17-4-3-14-26(16-17)34(30,31)21-9-5-18(23)6-10-21/h5-12,17H,3-4,13-16H2,1-2H3,(H,24,27). The van der Waals surface area contributed by atoms with Crippen molar-refractivity contribution in [1.29, 1.82) is 0 Å². The third-order valence-electron chi connectivity index (χ3n) is 5.48. The van der Waals surface area contributed by atoms with Crippen molar-refractivity contribution in [3.63, 3.8) is 0 Å². The number of carbonyl (C=O) groups excluding carboxylic acids is 1. The maximum atomic E-state index is 13.1. The molecule has 0 aliphatic carbocycles. The average Bonchev–Trinajstić information content (AvgIpc) is 2.82. The SMILES string of the molecule is CN(C)S(=O)(=O)c1ccc(OCCNC(=O)C2CCCN(S(=O)(=O)c3ccc(F)cc3)C2)cc1. The maximum Gasteiger partial charge on any atom is 0.243 e. The van der Waals surface area contributed by atoms with Crippen molar-refractivity contribution in [3.8, 4) is 5.75 Å². The summed E-state index contributed by atoms with van der Waals surface area (Å²) in [4.78, 5) is 12.7. The zero-order chi connectivity index (χ0) is 24.9. The van der Waals surface area contributed by atoms with Gasteiger partial charge >= 0.3 is 0 Å². The number of halogens is 1. The van der Waals surface area contributed by atoms with Crippen LogP contribution in [0.25, 0.3) is 0 Å². The van der Waals surface area contributed by atoms with Crippen LogP contribution >= 0.6 is 0 Å². The zero-order valence-electron chi connectivity index (χ0n) is 19.0. The predicted molar refractivity (Wildman–Crippen MR) is 124 cm³/mol. The molecular weight excluding hydrogens is 485 g/mol. The van der Waals surface area contributed by atoms with Gasteiger partial charge < -0.3 is 10.1 Å². The van der Waals surface area contributed by atoms with Gasteiger partial charge in [0.05, 0.1) is 22.3 Å². The topological polar surface area (TPSA) is 113 Å². The Labute approximate surface area is 199 Å². The maximum absolute atomic E-state index is 13.1. The molecular formula is C22H28FN3O6S2. The summed E-state index contributed by atoms with van der Waals surface area (Å²) in [7, 11) is -4.43. The Kier molecular flexibility index (Phi) is 8.29. The summed E-state index contributed by atoms with van der Waals surface area (Å²) in [6, 6.07) is 10.6. The van der Waals surface area contributed by atoms with Gasteiger partial charge in [0.25, 0.3) is 0 Å². The lowest BCUT2D eigenvalue weighted by Gasteiger charge is -2.31. The zero-order valence-corrected chi connectivity index (χ0v) is 20.6. The third-order valence-corrected chi connectivity index (χ3v) is 9.19. The molecule has 2 aromatic carbocycles. The Hall–Kier alpha value is -2.54. The second kappa shape index (κ2) is 10.8. The molecule has 1 saturated heterocycles. The molecule has 1 heterocycles. The van der Waals surface area contributed by atoms with E-state index in [0.29, 0.717) is 25.1 Å². The van der Waals surface area contributed by atoms with Crippen molar-refractivity contribution in [2.75, 3.05) is 40.3 Å². The first-order chi connectivity index (χ1) is 16.0. The minimum Gasteiger partial charge on any atom is -0.492 e.